The Hall–Kier alpha value is -2.95. The van der Waals surface area contributed by atoms with Gasteiger partial charge in [-0.05, 0) is 63.4 Å². The third-order valence-electron chi connectivity index (χ3n) is 5.74. The first kappa shape index (κ1) is 22.7. The summed E-state index contributed by atoms with van der Waals surface area (Å²) in [5.41, 5.74) is 4.14. The topological polar surface area (TPSA) is 92.5 Å². The summed E-state index contributed by atoms with van der Waals surface area (Å²) in [5.74, 6) is 0.554. The number of hydrogen-bond acceptors (Lipinski definition) is 6. The smallest absolute Gasteiger partial charge is 0.249 e. The Balaban J connectivity index is 2.01. The monoisotopic (exact) mass is 421 g/mol. The predicted molar refractivity (Wildman–Crippen MR) is 122 cm³/mol. The van der Waals surface area contributed by atoms with Crippen molar-refractivity contribution in [2.45, 2.75) is 46.2 Å². The van der Waals surface area contributed by atoms with Crippen LogP contribution in [0.5, 0.6) is 0 Å². The van der Waals surface area contributed by atoms with Gasteiger partial charge in [-0.3, -0.25) is 4.79 Å². The van der Waals surface area contributed by atoms with E-state index >= 15 is 0 Å². The minimum atomic E-state index is -0.447. The van der Waals surface area contributed by atoms with Crippen molar-refractivity contribution in [2.75, 3.05) is 36.0 Å². The van der Waals surface area contributed by atoms with Crippen LogP contribution in [0.25, 0.3) is 0 Å². The molecule has 0 radical (unpaired) electrons. The van der Waals surface area contributed by atoms with Crippen molar-refractivity contribution in [1.29, 1.82) is 5.26 Å². The molecule has 0 aliphatic carbocycles. The van der Waals surface area contributed by atoms with Crippen molar-refractivity contribution >= 4 is 17.4 Å². The average molecular weight is 422 g/mol. The van der Waals surface area contributed by atoms with Crippen molar-refractivity contribution < 1.29 is 9.90 Å². The maximum absolute atomic E-state index is 13.8. The normalized spacial score (nSPS) is 18.1. The molecule has 2 aromatic rings. The zero-order valence-corrected chi connectivity index (χ0v) is 18.7. The molecule has 1 amide bonds. The van der Waals surface area contributed by atoms with Crippen LogP contribution in [0, 0.1) is 32.1 Å². The van der Waals surface area contributed by atoms with Crippen LogP contribution in [0.1, 0.15) is 35.7 Å². The number of pyridine rings is 1. The molecule has 1 aromatic heterocycles. The van der Waals surface area contributed by atoms with Gasteiger partial charge in [-0.1, -0.05) is 12.1 Å². The van der Waals surface area contributed by atoms with Gasteiger partial charge in [-0.2, -0.15) is 5.26 Å². The van der Waals surface area contributed by atoms with Crippen molar-refractivity contribution in [3.05, 3.63) is 52.7 Å². The Labute approximate surface area is 184 Å². The Morgan fingerprint density at radius 3 is 2.77 bits per heavy atom. The lowest BCUT2D eigenvalue weighted by Gasteiger charge is -2.31. The zero-order valence-electron chi connectivity index (χ0n) is 18.7. The molecular weight excluding hydrogens is 390 g/mol. The van der Waals surface area contributed by atoms with Gasteiger partial charge in [0.2, 0.25) is 5.91 Å². The van der Waals surface area contributed by atoms with Gasteiger partial charge in [0.1, 0.15) is 17.9 Å². The molecule has 7 nitrogen and oxygen atoms in total. The molecule has 0 unspecified atom stereocenters. The van der Waals surface area contributed by atoms with Gasteiger partial charge in [0.15, 0.2) is 0 Å². The maximum Gasteiger partial charge on any atom is 0.249 e. The van der Waals surface area contributed by atoms with E-state index in [1.807, 2.05) is 62.9 Å². The number of amides is 1. The van der Waals surface area contributed by atoms with Crippen molar-refractivity contribution in [1.82, 2.24) is 10.3 Å². The first-order valence-corrected chi connectivity index (χ1v) is 10.8. The van der Waals surface area contributed by atoms with Gasteiger partial charge in [0.25, 0.3) is 0 Å². The predicted octanol–water partition coefficient (Wildman–Crippen LogP) is 2.46. The lowest BCUT2D eigenvalue weighted by atomic mass is 10.1. The highest BCUT2D eigenvalue weighted by atomic mass is 16.3. The van der Waals surface area contributed by atoms with Crippen LogP contribution in [-0.2, 0) is 4.79 Å². The van der Waals surface area contributed by atoms with Crippen LogP contribution in [0.4, 0.5) is 11.5 Å². The van der Waals surface area contributed by atoms with Crippen molar-refractivity contribution in [3.63, 3.8) is 0 Å². The van der Waals surface area contributed by atoms with E-state index in [9.17, 15) is 15.2 Å². The van der Waals surface area contributed by atoms with Crippen LogP contribution >= 0.6 is 0 Å². The molecule has 2 atom stereocenters. The molecule has 2 N–H and O–H groups in total. The van der Waals surface area contributed by atoms with Crippen molar-refractivity contribution in [3.8, 4) is 6.07 Å². The highest BCUT2D eigenvalue weighted by Gasteiger charge is 2.40. The highest BCUT2D eigenvalue weighted by molar-refractivity contribution is 5.99. The van der Waals surface area contributed by atoms with Crippen LogP contribution in [0.15, 0.2) is 30.3 Å². The number of carbonyl (C=O) groups is 1. The molecule has 1 aromatic carbocycles. The third-order valence-corrected chi connectivity index (χ3v) is 5.74. The van der Waals surface area contributed by atoms with Crippen LogP contribution in [0.3, 0.4) is 0 Å². The minimum absolute atomic E-state index is 0.00810. The number of anilines is 2. The lowest BCUT2D eigenvalue weighted by Crippen LogP contribution is -2.46. The van der Waals surface area contributed by atoms with Gasteiger partial charge >= 0.3 is 0 Å². The average Bonchev–Trinajstić information content (AvgIpc) is 3.16. The Morgan fingerprint density at radius 2 is 2.13 bits per heavy atom. The highest BCUT2D eigenvalue weighted by Crippen LogP contribution is 2.31. The second-order valence-corrected chi connectivity index (χ2v) is 8.09. The fourth-order valence-electron chi connectivity index (χ4n) is 4.33. The zero-order chi connectivity index (χ0) is 22.5. The van der Waals surface area contributed by atoms with E-state index in [1.165, 1.54) is 0 Å². The molecule has 164 valence electrons. The molecule has 1 fully saturated rings. The van der Waals surface area contributed by atoms with Crippen LogP contribution in [-0.4, -0.2) is 54.3 Å². The largest absolute Gasteiger partial charge is 0.395 e. The first-order valence-electron chi connectivity index (χ1n) is 10.8. The van der Waals surface area contributed by atoms with E-state index in [1.54, 1.807) is 4.90 Å². The maximum atomic E-state index is 13.8. The summed E-state index contributed by atoms with van der Waals surface area (Å²) in [6.07, 6.45) is 0.584. The Morgan fingerprint density at radius 1 is 1.35 bits per heavy atom. The van der Waals surface area contributed by atoms with E-state index in [2.05, 4.69) is 16.4 Å². The molecular formula is C24H31N5O2. The Kier molecular flexibility index (Phi) is 7.26. The number of carbonyl (C=O) groups excluding carboxylic acids is 1. The Bertz CT molecular complexity index is 984. The molecule has 1 aliphatic heterocycles. The fraction of sp³-hybridized carbons (Fsp3) is 0.458. The summed E-state index contributed by atoms with van der Waals surface area (Å²) in [5, 5.41) is 22.3. The van der Waals surface area contributed by atoms with E-state index in [0.717, 1.165) is 22.5 Å². The standard InChI is InChI=1S/C24H31N5O2/c1-5-28(20-8-6-7-16(2)11-20)24(31)22-13-19(26-9-10-30)15-29(22)23-21(14-25)17(3)12-18(4)27-23/h6-8,11-12,19,22,26,30H,5,9-10,13,15H2,1-4H3/t19-,22-/m1/s1. The number of nitriles is 1. The quantitative estimate of drug-likeness (QED) is 0.714. The van der Waals surface area contributed by atoms with Gasteiger partial charge in [0.05, 0.1) is 12.2 Å². The number of aromatic nitrogens is 1. The summed E-state index contributed by atoms with van der Waals surface area (Å²) in [7, 11) is 0. The summed E-state index contributed by atoms with van der Waals surface area (Å²) >= 11 is 0. The van der Waals surface area contributed by atoms with E-state index in [-0.39, 0.29) is 18.6 Å². The second-order valence-electron chi connectivity index (χ2n) is 8.09. The minimum Gasteiger partial charge on any atom is -0.395 e. The van der Waals surface area contributed by atoms with Gasteiger partial charge < -0.3 is 20.2 Å². The molecule has 1 saturated heterocycles. The van der Waals surface area contributed by atoms with Crippen LogP contribution in [0.2, 0.25) is 0 Å². The number of likely N-dealkylation sites (N-methyl/N-ethyl adjacent to an activating group) is 1. The number of benzene rings is 1. The van der Waals surface area contributed by atoms with Crippen molar-refractivity contribution in [2.24, 2.45) is 0 Å². The summed E-state index contributed by atoms with van der Waals surface area (Å²) in [6.45, 7) is 9.37. The SMILES string of the molecule is CCN(C(=O)[C@H]1C[C@@H](NCCO)CN1c1nc(C)cc(C)c1C#N)c1cccc(C)c1. The molecule has 2 heterocycles. The number of aliphatic hydroxyl groups excluding tert-OH is 1. The number of nitrogens with zero attached hydrogens (tertiary/aromatic N) is 4. The van der Waals surface area contributed by atoms with Gasteiger partial charge in [-0.15, -0.1) is 0 Å². The first-order chi connectivity index (χ1) is 14.9. The summed E-state index contributed by atoms with van der Waals surface area (Å²) < 4.78 is 0. The molecule has 7 heteroatoms. The summed E-state index contributed by atoms with van der Waals surface area (Å²) in [6, 6.07) is 11.7. The molecule has 1 aliphatic rings. The molecule has 0 saturated carbocycles. The van der Waals surface area contributed by atoms with E-state index in [4.69, 9.17) is 0 Å². The number of nitrogens with one attached hydrogen (secondary N) is 1. The number of hydrogen-bond donors (Lipinski definition) is 2. The molecule has 0 spiro atoms. The number of rotatable bonds is 7. The molecule has 31 heavy (non-hydrogen) atoms. The third kappa shape index (κ3) is 4.87. The lowest BCUT2D eigenvalue weighted by molar-refractivity contribution is -0.119. The fourth-order valence-corrected chi connectivity index (χ4v) is 4.33. The number of aryl methyl sites for hydroxylation is 3. The van der Waals surface area contributed by atoms with Crippen LogP contribution < -0.4 is 15.1 Å². The molecule has 3 rings (SSSR count). The van der Waals surface area contributed by atoms with E-state index in [0.29, 0.717) is 37.4 Å². The van der Waals surface area contributed by atoms with Gasteiger partial charge in [-0.25, -0.2) is 4.98 Å². The second kappa shape index (κ2) is 9.90. The van der Waals surface area contributed by atoms with E-state index < -0.39 is 6.04 Å². The van der Waals surface area contributed by atoms with Gasteiger partial charge in [0, 0.05) is 37.1 Å². The molecule has 0 bridgehead atoms. The summed E-state index contributed by atoms with van der Waals surface area (Å²) in [4.78, 5) is 22.2. The number of aliphatic hydroxyl groups is 1.